The minimum Gasteiger partial charge on any atom is -0.466 e. The Kier molecular flexibility index (Phi) is 5.61. The first-order valence-corrected chi connectivity index (χ1v) is 20.5. The average Bonchev–Trinajstić information content (AvgIpc) is 3.80. The largest absolute Gasteiger partial charge is 0.466 e. The highest BCUT2D eigenvalue weighted by Crippen LogP contribution is 2.53. The van der Waals surface area contributed by atoms with Crippen molar-refractivity contribution in [3.63, 3.8) is 0 Å². The third-order valence-corrected chi connectivity index (χ3v) is 13.5. The zero-order valence-electron chi connectivity index (χ0n) is 32.4. The van der Waals surface area contributed by atoms with E-state index in [4.69, 9.17) is 4.42 Å². The van der Waals surface area contributed by atoms with E-state index in [1.165, 1.54) is 104 Å². The van der Waals surface area contributed by atoms with Gasteiger partial charge in [0.25, 0.3) is 0 Å². The van der Waals surface area contributed by atoms with Gasteiger partial charge in [0.2, 0.25) is 0 Å². The van der Waals surface area contributed by atoms with Gasteiger partial charge in [-0.05, 0) is 108 Å². The highest BCUT2D eigenvalue weighted by atomic mass is 16.3. The van der Waals surface area contributed by atoms with Crippen LogP contribution >= 0.6 is 0 Å². The maximum atomic E-state index is 7.23. The summed E-state index contributed by atoms with van der Waals surface area (Å²) in [5.74, 6) is 0. The van der Waals surface area contributed by atoms with Crippen LogP contribution in [0.3, 0.4) is 0 Å². The van der Waals surface area contributed by atoms with E-state index in [9.17, 15) is 0 Å². The van der Waals surface area contributed by atoms with Crippen LogP contribution in [0.15, 0.2) is 162 Å². The summed E-state index contributed by atoms with van der Waals surface area (Å²) in [7, 11) is 0. The Balaban J connectivity index is 1.21. The quantitative estimate of drug-likeness (QED) is 0.0950. The Morgan fingerprint density at radius 2 is 1.17 bits per heavy atom. The van der Waals surface area contributed by atoms with Gasteiger partial charge in [0.15, 0.2) is 0 Å². The van der Waals surface area contributed by atoms with Crippen molar-refractivity contribution in [1.82, 2.24) is 4.48 Å². The number of benzene rings is 10. The fourth-order valence-corrected chi connectivity index (χ4v) is 11.0. The smallest absolute Gasteiger partial charge is 0.376 e. The number of nitrogens with zero attached hydrogens (tertiary/aromatic N) is 2. The molecule has 270 valence electrons. The molecule has 0 atom stereocenters. The predicted molar refractivity (Wildman–Crippen MR) is 247 cm³/mol. The Morgan fingerprint density at radius 3 is 1.98 bits per heavy atom. The van der Waals surface area contributed by atoms with Crippen LogP contribution in [-0.4, -0.2) is 11.3 Å². The highest BCUT2D eigenvalue weighted by Gasteiger charge is 2.47. The van der Waals surface area contributed by atoms with Gasteiger partial charge >= 0.3 is 6.85 Å². The molecule has 12 aromatic rings. The lowest BCUT2D eigenvalue weighted by Gasteiger charge is -2.40. The van der Waals surface area contributed by atoms with Gasteiger partial charge in [0, 0.05) is 49.2 Å². The maximum Gasteiger partial charge on any atom is 0.376 e. The predicted octanol–water partition coefficient (Wildman–Crippen LogP) is 13.5. The van der Waals surface area contributed by atoms with E-state index in [-0.39, 0.29) is 12.3 Å². The number of hydrogen-bond donors (Lipinski definition) is 0. The molecule has 0 N–H and O–H groups in total. The molecule has 0 bridgehead atoms. The number of rotatable bonds is 1. The van der Waals surface area contributed by atoms with Gasteiger partial charge in [-0.3, -0.25) is 0 Å². The fraction of sp³-hybridized carbons (Fsp3) is 0.0741. The van der Waals surface area contributed by atoms with Crippen molar-refractivity contribution in [2.75, 3.05) is 4.90 Å². The van der Waals surface area contributed by atoms with Crippen LogP contribution in [0.5, 0.6) is 0 Å². The molecule has 0 aliphatic carbocycles. The summed E-state index contributed by atoms with van der Waals surface area (Å²) in [5, 5.41) is 16.4. The van der Waals surface area contributed by atoms with Gasteiger partial charge in [-0.1, -0.05) is 136 Å². The molecule has 0 radical (unpaired) electrons. The molecule has 4 heteroatoms. The second-order valence-electron chi connectivity index (χ2n) is 17.7. The Morgan fingerprint density at radius 1 is 0.500 bits per heavy atom. The molecule has 14 rings (SSSR count). The molecule has 3 nitrogen and oxygen atoms in total. The van der Waals surface area contributed by atoms with E-state index < -0.39 is 0 Å². The monoisotopic (exact) mass is 738 g/mol. The molecule has 4 heterocycles. The SMILES string of the molecule is CC(C)(C)c1cc2ccc3c4c5c(c6ccc(c1)c2c36)N(c1ccc2cc3ccccc3cc2c1)c1c(oc2ccccc12)B5n1c2ccccc2c2cccc-4c21. The lowest BCUT2D eigenvalue weighted by molar-refractivity contribution is 0.591. The first kappa shape index (κ1) is 31.1. The number of hydrogen-bond acceptors (Lipinski definition) is 2. The molecule has 0 amide bonds. The van der Waals surface area contributed by atoms with Gasteiger partial charge < -0.3 is 13.8 Å². The summed E-state index contributed by atoms with van der Waals surface area (Å²) in [4.78, 5) is 2.56. The molecule has 2 aliphatic heterocycles. The summed E-state index contributed by atoms with van der Waals surface area (Å²) < 4.78 is 9.83. The fourth-order valence-electron chi connectivity index (χ4n) is 11.0. The average molecular weight is 739 g/mol. The van der Waals surface area contributed by atoms with E-state index in [1.807, 2.05) is 0 Å². The van der Waals surface area contributed by atoms with E-state index >= 15 is 0 Å². The van der Waals surface area contributed by atoms with Crippen molar-refractivity contribution >= 4 is 122 Å². The van der Waals surface area contributed by atoms with Crippen LogP contribution in [0.4, 0.5) is 17.1 Å². The van der Waals surface area contributed by atoms with E-state index in [1.54, 1.807) is 0 Å². The van der Waals surface area contributed by atoms with Crippen molar-refractivity contribution in [1.29, 1.82) is 0 Å². The van der Waals surface area contributed by atoms with Crippen molar-refractivity contribution in [2.45, 2.75) is 26.2 Å². The first-order valence-electron chi connectivity index (χ1n) is 20.5. The Labute approximate surface area is 334 Å². The zero-order chi connectivity index (χ0) is 38.2. The van der Waals surface area contributed by atoms with Gasteiger partial charge in [0.1, 0.15) is 11.2 Å². The zero-order valence-corrected chi connectivity index (χ0v) is 32.4. The van der Waals surface area contributed by atoms with Crippen molar-refractivity contribution in [3.8, 4) is 11.1 Å². The lowest BCUT2D eigenvalue weighted by Crippen LogP contribution is -2.56. The molecule has 58 heavy (non-hydrogen) atoms. The van der Waals surface area contributed by atoms with Gasteiger partial charge in [0.05, 0.1) is 11.4 Å². The van der Waals surface area contributed by atoms with Crippen LogP contribution in [-0.2, 0) is 5.41 Å². The third-order valence-electron chi connectivity index (χ3n) is 13.5. The third kappa shape index (κ3) is 3.77. The minimum atomic E-state index is -0.181. The van der Waals surface area contributed by atoms with Crippen molar-refractivity contribution < 1.29 is 4.42 Å². The van der Waals surface area contributed by atoms with Gasteiger partial charge in [-0.25, -0.2) is 0 Å². The second-order valence-corrected chi connectivity index (χ2v) is 17.7. The van der Waals surface area contributed by atoms with Crippen LogP contribution in [0.2, 0.25) is 0 Å². The number of anilines is 3. The summed E-state index contributed by atoms with van der Waals surface area (Å²) in [5.41, 5.74) is 13.1. The molecule has 2 aliphatic rings. The summed E-state index contributed by atoms with van der Waals surface area (Å²) in [6, 6.07) is 59.3. The van der Waals surface area contributed by atoms with Crippen LogP contribution in [0.25, 0.3) is 97.8 Å². The van der Waals surface area contributed by atoms with E-state index in [0.717, 1.165) is 28.0 Å². The lowest BCUT2D eigenvalue weighted by atomic mass is 9.47. The Hall–Kier alpha value is -7.04. The number of para-hydroxylation sites is 3. The first-order chi connectivity index (χ1) is 28.4. The number of furan rings is 1. The summed E-state index contributed by atoms with van der Waals surface area (Å²) >= 11 is 0. The number of fused-ring (bicyclic) bond motifs is 13. The molecule has 2 aromatic heterocycles. The van der Waals surface area contributed by atoms with Gasteiger partial charge in [-0.15, -0.1) is 0 Å². The standard InChI is InChI=1S/C54H35BN2O/c1-54(2,3)36-27-33-20-23-41-47-43(24-21-34(28-36)46(33)47)51-49-48(41)42-16-10-15-39-38-13-6-8-17-44(38)57(50(39)42)55(49)53-52(40-14-7-9-18-45(40)58-53)56(51)37-22-19-32-25-30-11-4-5-12-31(30)26-35(32)29-37/h4-29H,1-3H3. The van der Waals surface area contributed by atoms with Crippen molar-refractivity contribution in [3.05, 3.63) is 163 Å². The molecule has 0 spiro atoms. The second kappa shape index (κ2) is 10.5. The summed E-state index contributed by atoms with van der Waals surface area (Å²) in [6.45, 7) is 6.77. The van der Waals surface area contributed by atoms with Gasteiger partial charge in [-0.2, -0.15) is 0 Å². The molecule has 0 saturated heterocycles. The van der Waals surface area contributed by atoms with Crippen LogP contribution < -0.4 is 16.0 Å². The van der Waals surface area contributed by atoms with E-state index in [0.29, 0.717) is 0 Å². The molecule has 10 aromatic carbocycles. The molecular weight excluding hydrogens is 703 g/mol. The minimum absolute atomic E-state index is 0.0306. The highest BCUT2D eigenvalue weighted by molar-refractivity contribution is 6.90. The van der Waals surface area contributed by atoms with Crippen LogP contribution in [0, 0.1) is 0 Å². The normalized spacial score (nSPS) is 13.7. The van der Waals surface area contributed by atoms with E-state index in [2.05, 4.69) is 188 Å². The molecule has 0 unspecified atom stereocenters. The Bertz CT molecular complexity index is 3790. The molecule has 0 fully saturated rings. The molecule has 0 saturated carbocycles. The topological polar surface area (TPSA) is 21.3 Å². The maximum absolute atomic E-state index is 7.23. The molecular formula is C54H35BN2O. The van der Waals surface area contributed by atoms with Crippen LogP contribution in [0.1, 0.15) is 26.3 Å². The number of aromatic nitrogens is 1. The van der Waals surface area contributed by atoms with Crippen molar-refractivity contribution in [2.24, 2.45) is 0 Å². The summed E-state index contributed by atoms with van der Waals surface area (Å²) in [6.07, 6.45) is 0.